The molecule has 2 heterocycles. The predicted molar refractivity (Wildman–Crippen MR) is 168 cm³/mol. The molecule has 0 saturated carbocycles. The van der Waals surface area contributed by atoms with E-state index in [0.29, 0.717) is 11.1 Å². The maximum Gasteiger partial charge on any atom is 0.306 e. The summed E-state index contributed by atoms with van der Waals surface area (Å²) in [5.41, 5.74) is 0.205. The van der Waals surface area contributed by atoms with Crippen LogP contribution in [0.5, 0.6) is 0 Å². The molecule has 256 valence electrons. The molecule has 2 aliphatic heterocycles. The Balaban J connectivity index is 0.000000270. The Morgan fingerprint density at radius 3 is 1.34 bits per heavy atom. The zero-order chi connectivity index (χ0) is 35.7. The van der Waals surface area contributed by atoms with Crippen molar-refractivity contribution in [3.8, 4) is 0 Å². The van der Waals surface area contributed by atoms with E-state index >= 15 is 0 Å². The Bertz CT molecular complexity index is 1400. The largest absolute Gasteiger partial charge is 0.460 e. The van der Waals surface area contributed by atoms with Gasteiger partial charge in [0.15, 0.2) is 0 Å². The molecule has 0 unspecified atom stereocenters. The van der Waals surface area contributed by atoms with Crippen molar-refractivity contribution in [1.29, 1.82) is 0 Å². The van der Waals surface area contributed by atoms with Gasteiger partial charge in [-0.15, -0.1) is 10.1 Å². The number of hydroxylamine groups is 4. The van der Waals surface area contributed by atoms with Crippen molar-refractivity contribution in [1.82, 2.24) is 10.1 Å². The van der Waals surface area contributed by atoms with Gasteiger partial charge >= 0.3 is 11.9 Å². The molecule has 2 aliphatic rings. The molecule has 0 bridgehead atoms. The number of rotatable bonds is 8. The highest BCUT2D eigenvalue weighted by atomic mass is 16.7. The van der Waals surface area contributed by atoms with Gasteiger partial charge in [0.2, 0.25) is 0 Å². The Kier molecular flexibility index (Phi) is 13.5. The van der Waals surface area contributed by atoms with Gasteiger partial charge in [-0.2, -0.15) is 0 Å². The van der Waals surface area contributed by atoms with Crippen LogP contribution in [-0.4, -0.2) is 80.4 Å². The summed E-state index contributed by atoms with van der Waals surface area (Å²) in [7, 11) is 0. The molecule has 4 rings (SSSR count). The first-order valence-corrected chi connectivity index (χ1v) is 15.1. The fourth-order valence-corrected chi connectivity index (χ4v) is 4.12. The summed E-state index contributed by atoms with van der Waals surface area (Å²) in [5, 5.41) is 18.5. The Morgan fingerprint density at radius 1 is 0.660 bits per heavy atom. The third-order valence-corrected chi connectivity index (χ3v) is 6.20. The van der Waals surface area contributed by atoms with E-state index in [1.807, 2.05) is 27.7 Å². The van der Waals surface area contributed by atoms with Gasteiger partial charge in [-0.25, -0.2) is 0 Å². The van der Waals surface area contributed by atoms with E-state index in [0.717, 1.165) is 5.06 Å². The van der Waals surface area contributed by atoms with Gasteiger partial charge in [0.05, 0.1) is 41.7 Å². The first-order chi connectivity index (χ1) is 21.8. The van der Waals surface area contributed by atoms with Gasteiger partial charge < -0.3 is 14.6 Å². The number of carbonyl (C=O) groups is 6. The minimum Gasteiger partial charge on any atom is -0.460 e. The van der Waals surface area contributed by atoms with E-state index in [2.05, 4.69) is 0 Å². The van der Waals surface area contributed by atoms with E-state index in [9.17, 15) is 28.8 Å². The molecule has 2 aromatic rings. The monoisotopic (exact) mass is 656 g/mol. The molecule has 2 atom stereocenters. The minimum atomic E-state index is -0.657. The van der Waals surface area contributed by atoms with E-state index in [4.69, 9.17) is 24.6 Å². The lowest BCUT2D eigenvalue weighted by Crippen LogP contribution is -2.32. The Hall–Kier alpha value is -4.46. The number of carbonyl (C=O) groups excluding carboxylic acids is 6. The average Bonchev–Trinajstić information content (AvgIpc) is 3.34. The predicted octanol–water partition coefficient (Wildman–Crippen LogP) is 4.60. The minimum absolute atomic E-state index is 0.0140. The van der Waals surface area contributed by atoms with Gasteiger partial charge in [-0.3, -0.25) is 38.8 Å². The van der Waals surface area contributed by atoms with Crippen molar-refractivity contribution in [2.45, 2.75) is 79.4 Å². The summed E-state index contributed by atoms with van der Waals surface area (Å²) in [5.74, 6) is -3.05. The second kappa shape index (κ2) is 16.4. The van der Waals surface area contributed by atoms with Crippen LogP contribution in [-0.2, 0) is 23.9 Å². The number of imide groups is 2. The first kappa shape index (κ1) is 38.7. The van der Waals surface area contributed by atoms with E-state index in [1.165, 1.54) is 12.1 Å². The molecule has 2 aromatic carbocycles. The summed E-state index contributed by atoms with van der Waals surface area (Å²) >= 11 is 0. The van der Waals surface area contributed by atoms with E-state index in [1.54, 1.807) is 64.1 Å². The normalized spacial score (nSPS) is 15.1. The van der Waals surface area contributed by atoms with Gasteiger partial charge in [-0.1, -0.05) is 38.1 Å². The molecule has 13 nitrogen and oxygen atoms in total. The number of esters is 2. The van der Waals surface area contributed by atoms with Crippen LogP contribution in [0.4, 0.5) is 0 Å². The zero-order valence-electron chi connectivity index (χ0n) is 28.1. The van der Waals surface area contributed by atoms with Crippen molar-refractivity contribution in [3.63, 3.8) is 0 Å². The van der Waals surface area contributed by atoms with Crippen LogP contribution in [0, 0.1) is 11.8 Å². The summed E-state index contributed by atoms with van der Waals surface area (Å²) in [4.78, 5) is 74.5. The van der Waals surface area contributed by atoms with E-state index in [-0.39, 0.29) is 66.0 Å². The van der Waals surface area contributed by atoms with Crippen molar-refractivity contribution in [2.75, 3.05) is 13.2 Å². The highest BCUT2D eigenvalue weighted by Crippen LogP contribution is 2.24. The molecular formula is C34H44N2O11. The summed E-state index contributed by atoms with van der Waals surface area (Å²) < 4.78 is 10.3. The molecule has 0 radical (unpaired) electrons. The SMILES string of the molecule is C[C@@H](CO)CC(=O)OC(C)(C)C.C[C@@H](CON1C(=O)c2ccccc2C1=O)CC(=O)OC(C)(C)C.O=C1c2ccccc2C(=O)N1O. The highest BCUT2D eigenvalue weighted by molar-refractivity contribution is 6.21. The topological polar surface area (TPSA) is 177 Å². The van der Waals surface area contributed by atoms with Crippen LogP contribution in [0.15, 0.2) is 48.5 Å². The lowest BCUT2D eigenvalue weighted by Gasteiger charge is -2.21. The maximum absolute atomic E-state index is 12.1. The quantitative estimate of drug-likeness (QED) is 0.231. The highest BCUT2D eigenvalue weighted by Gasteiger charge is 2.37. The average molecular weight is 657 g/mol. The fraction of sp³-hybridized carbons (Fsp3) is 0.471. The lowest BCUT2D eigenvalue weighted by molar-refractivity contribution is -0.158. The number of hydrogen-bond acceptors (Lipinski definition) is 11. The van der Waals surface area contributed by atoms with Crippen LogP contribution in [0.3, 0.4) is 0 Å². The third kappa shape index (κ3) is 11.7. The summed E-state index contributed by atoms with van der Waals surface area (Å²) in [6, 6.07) is 12.9. The molecule has 13 heteroatoms. The molecular weight excluding hydrogens is 612 g/mol. The second-order valence-corrected chi connectivity index (χ2v) is 13.2. The molecule has 0 saturated heterocycles. The van der Waals surface area contributed by atoms with Crippen molar-refractivity contribution >= 4 is 35.6 Å². The number of benzene rings is 2. The number of fused-ring (bicyclic) bond motifs is 2. The lowest BCUT2D eigenvalue weighted by atomic mass is 10.1. The van der Waals surface area contributed by atoms with Crippen LogP contribution in [0.2, 0.25) is 0 Å². The van der Waals surface area contributed by atoms with Gasteiger partial charge in [0.25, 0.3) is 23.6 Å². The molecule has 4 amide bonds. The Labute approximate surface area is 274 Å². The fourth-order valence-electron chi connectivity index (χ4n) is 4.12. The van der Waals surface area contributed by atoms with Gasteiger partial charge in [-0.05, 0) is 77.6 Å². The van der Waals surface area contributed by atoms with Crippen LogP contribution in [0.25, 0.3) is 0 Å². The van der Waals surface area contributed by atoms with Crippen LogP contribution < -0.4 is 0 Å². The number of hydrogen-bond donors (Lipinski definition) is 2. The zero-order valence-corrected chi connectivity index (χ0v) is 28.1. The molecule has 47 heavy (non-hydrogen) atoms. The van der Waals surface area contributed by atoms with E-state index < -0.39 is 34.8 Å². The standard InChI is InChI=1S/C17H21NO5.C9H18O3.C8H5NO3/c1-11(9-14(19)23-17(2,3)4)10-22-18-15(20)12-7-5-6-8-13(12)16(18)21;1-7(6-10)5-8(11)12-9(2,3)4;10-7-5-3-1-2-4-6(5)8(11)9(7)12/h5-8,11H,9-10H2,1-4H3;7,10H,5-6H2,1-4H3;1-4,12H/t11-;7-;/m11./s1. The maximum atomic E-state index is 12.1. The van der Waals surface area contributed by atoms with Crippen molar-refractivity contribution in [2.24, 2.45) is 11.8 Å². The van der Waals surface area contributed by atoms with Crippen molar-refractivity contribution < 1.29 is 53.4 Å². The number of aliphatic hydroxyl groups is 1. The summed E-state index contributed by atoms with van der Waals surface area (Å²) in [6.07, 6.45) is 0.439. The summed E-state index contributed by atoms with van der Waals surface area (Å²) in [6.45, 7) is 14.6. The second-order valence-electron chi connectivity index (χ2n) is 13.2. The van der Waals surface area contributed by atoms with Gasteiger partial charge in [0.1, 0.15) is 11.2 Å². The number of amides is 4. The first-order valence-electron chi connectivity index (χ1n) is 15.1. The van der Waals surface area contributed by atoms with Gasteiger partial charge in [0, 0.05) is 6.61 Å². The molecule has 0 spiro atoms. The van der Waals surface area contributed by atoms with Crippen LogP contribution in [0.1, 0.15) is 110 Å². The molecule has 0 aliphatic carbocycles. The third-order valence-electron chi connectivity index (χ3n) is 6.20. The Morgan fingerprint density at radius 2 is 1.00 bits per heavy atom. The molecule has 0 fully saturated rings. The number of aliphatic hydroxyl groups excluding tert-OH is 1. The number of nitrogens with zero attached hydrogens (tertiary/aromatic N) is 2. The molecule has 2 N–H and O–H groups in total. The van der Waals surface area contributed by atoms with Crippen molar-refractivity contribution in [3.05, 3.63) is 70.8 Å². The molecule has 0 aromatic heterocycles. The van der Waals surface area contributed by atoms with Crippen LogP contribution >= 0.6 is 0 Å². The smallest absolute Gasteiger partial charge is 0.306 e. The number of ether oxygens (including phenoxy) is 2.